The summed E-state index contributed by atoms with van der Waals surface area (Å²) >= 11 is 0. The Labute approximate surface area is 105 Å². The van der Waals surface area contributed by atoms with Crippen LogP contribution in [0.2, 0.25) is 0 Å². The monoisotopic (exact) mass is 240 g/mol. The number of rotatable bonds is 1. The SMILES string of the molecule is Cc1cc2cnn(-c3ccc(F)cc3)c2cc1C. The zero-order valence-electron chi connectivity index (χ0n) is 10.3. The summed E-state index contributed by atoms with van der Waals surface area (Å²) in [5.41, 5.74) is 4.40. The lowest BCUT2D eigenvalue weighted by molar-refractivity contribution is 0.627. The summed E-state index contributed by atoms with van der Waals surface area (Å²) < 4.78 is 14.8. The molecular formula is C15H13FN2. The van der Waals surface area contributed by atoms with Crippen LogP contribution in [0, 0.1) is 19.7 Å². The van der Waals surface area contributed by atoms with Gasteiger partial charge in [0, 0.05) is 5.39 Å². The molecule has 0 atom stereocenters. The molecular weight excluding hydrogens is 227 g/mol. The predicted molar refractivity (Wildman–Crippen MR) is 70.5 cm³/mol. The van der Waals surface area contributed by atoms with Crippen LogP contribution in [0.15, 0.2) is 42.6 Å². The van der Waals surface area contributed by atoms with Gasteiger partial charge in [0.15, 0.2) is 0 Å². The average molecular weight is 240 g/mol. The van der Waals surface area contributed by atoms with Crippen LogP contribution in [0.1, 0.15) is 11.1 Å². The number of aryl methyl sites for hydroxylation is 2. The van der Waals surface area contributed by atoms with Crippen molar-refractivity contribution >= 4 is 10.9 Å². The second-order valence-electron chi connectivity index (χ2n) is 4.53. The largest absolute Gasteiger partial charge is 0.233 e. The van der Waals surface area contributed by atoms with Crippen LogP contribution in [0.3, 0.4) is 0 Å². The molecule has 3 heteroatoms. The highest BCUT2D eigenvalue weighted by atomic mass is 19.1. The highest BCUT2D eigenvalue weighted by Crippen LogP contribution is 2.22. The molecule has 2 nitrogen and oxygen atoms in total. The molecule has 90 valence electrons. The Morgan fingerprint density at radius 2 is 1.67 bits per heavy atom. The van der Waals surface area contributed by atoms with E-state index in [0.717, 1.165) is 16.6 Å². The normalized spacial score (nSPS) is 11.1. The third kappa shape index (κ3) is 1.68. The Kier molecular flexibility index (Phi) is 2.40. The van der Waals surface area contributed by atoms with Crippen LogP contribution in [0.5, 0.6) is 0 Å². The van der Waals surface area contributed by atoms with Crippen LogP contribution in [0.25, 0.3) is 16.6 Å². The fourth-order valence-corrected chi connectivity index (χ4v) is 2.08. The number of hydrogen-bond donors (Lipinski definition) is 0. The molecule has 0 aliphatic heterocycles. The number of fused-ring (bicyclic) bond motifs is 1. The molecule has 2 aromatic carbocycles. The minimum atomic E-state index is -0.234. The van der Waals surface area contributed by atoms with Gasteiger partial charge in [-0.2, -0.15) is 5.10 Å². The van der Waals surface area contributed by atoms with Gasteiger partial charge >= 0.3 is 0 Å². The van der Waals surface area contributed by atoms with Crippen LogP contribution >= 0.6 is 0 Å². The van der Waals surface area contributed by atoms with Gasteiger partial charge < -0.3 is 0 Å². The Balaban J connectivity index is 2.23. The Morgan fingerprint density at radius 3 is 2.39 bits per heavy atom. The third-order valence-electron chi connectivity index (χ3n) is 3.25. The first-order chi connectivity index (χ1) is 8.65. The molecule has 0 fully saturated rings. The summed E-state index contributed by atoms with van der Waals surface area (Å²) in [6.45, 7) is 4.17. The number of aromatic nitrogens is 2. The van der Waals surface area contributed by atoms with E-state index < -0.39 is 0 Å². The van der Waals surface area contributed by atoms with Crippen LogP contribution < -0.4 is 0 Å². The third-order valence-corrected chi connectivity index (χ3v) is 3.25. The fourth-order valence-electron chi connectivity index (χ4n) is 2.08. The van der Waals surface area contributed by atoms with Crippen molar-refractivity contribution in [3.63, 3.8) is 0 Å². The molecule has 0 N–H and O–H groups in total. The summed E-state index contributed by atoms with van der Waals surface area (Å²) in [5.74, 6) is -0.234. The van der Waals surface area contributed by atoms with E-state index in [1.165, 1.54) is 23.3 Å². The summed E-state index contributed by atoms with van der Waals surface area (Å²) in [6, 6.07) is 10.6. The first-order valence-electron chi connectivity index (χ1n) is 5.86. The average Bonchev–Trinajstić information content (AvgIpc) is 2.74. The minimum Gasteiger partial charge on any atom is -0.233 e. The van der Waals surface area contributed by atoms with Crippen molar-refractivity contribution in [3.05, 3.63) is 59.5 Å². The van der Waals surface area contributed by atoms with Gasteiger partial charge in [0.2, 0.25) is 0 Å². The molecule has 0 amide bonds. The van der Waals surface area contributed by atoms with E-state index in [4.69, 9.17) is 0 Å². The van der Waals surface area contributed by atoms with E-state index in [1.54, 1.807) is 12.1 Å². The molecule has 0 bridgehead atoms. The van der Waals surface area contributed by atoms with Crippen molar-refractivity contribution in [2.45, 2.75) is 13.8 Å². The number of hydrogen-bond acceptors (Lipinski definition) is 1. The topological polar surface area (TPSA) is 17.8 Å². The maximum absolute atomic E-state index is 12.9. The van der Waals surface area contributed by atoms with E-state index in [9.17, 15) is 4.39 Å². The smallest absolute Gasteiger partial charge is 0.123 e. The molecule has 3 rings (SSSR count). The lowest BCUT2D eigenvalue weighted by atomic mass is 10.1. The standard InChI is InChI=1S/C15H13FN2/c1-10-7-12-9-17-18(15(12)8-11(10)2)14-5-3-13(16)4-6-14/h3-9H,1-2H3. The number of nitrogens with zero attached hydrogens (tertiary/aromatic N) is 2. The number of benzene rings is 2. The molecule has 0 radical (unpaired) electrons. The molecule has 0 unspecified atom stereocenters. The molecule has 0 saturated heterocycles. The zero-order valence-corrected chi connectivity index (χ0v) is 10.3. The first kappa shape index (κ1) is 11.0. The minimum absolute atomic E-state index is 0.234. The molecule has 18 heavy (non-hydrogen) atoms. The second-order valence-corrected chi connectivity index (χ2v) is 4.53. The summed E-state index contributed by atoms with van der Waals surface area (Å²) in [4.78, 5) is 0. The molecule has 0 saturated carbocycles. The highest BCUT2D eigenvalue weighted by Gasteiger charge is 2.06. The van der Waals surface area contributed by atoms with E-state index >= 15 is 0 Å². The Hall–Kier alpha value is -2.16. The summed E-state index contributed by atoms with van der Waals surface area (Å²) in [6.07, 6.45) is 1.84. The second kappa shape index (κ2) is 3.95. The highest BCUT2D eigenvalue weighted by molar-refractivity contribution is 5.82. The maximum atomic E-state index is 12.9. The van der Waals surface area contributed by atoms with E-state index in [2.05, 4.69) is 31.1 Å². The Bertz CT molecular complexity index is 711. The molecule has 0 aliphatic carbocycles. The van der Waals surface area contributed by atoms with Crippen LogP contribution in [-0.2, 0) is 0 Å². The maximum Gasteiger partial charge on any atom is 0.123 e. The molecule has 1 heterocycles. The van der Waals surface area contributed by atoms with Gasteiger partial charge in [-0.15, -0.1) is 0 Å². The molecule has 3 aromatic rings. The van der Waals surface area contributed by atoms with Crippen LogP contribution in [0.4, 0.5) is 4.39 Å². The van der Waals surface area contributed by atoms with Crippen molar-refractivity contribution in [2.24, 2.45) is 0 Å². The van der Waals surface area contributed by atoms with Crippen molar-refractivity contribution < 1.29 is 4.39 Å². The quantitative estimate of drug-likeness (QED) is 0.633. The van der Waals surface area contributed by atoms with E-state index in [-0.39, 0.29) is 5.82 Å². The van der Waals surface area contributed by atoms with Gasteiger partial charge in [-0.1, -0.05) is 0 Å². The number of halogens is 1. The van der Waals surface area contributed by atoms with Gasteiger partial charge in [-0.25, -0.2) is 9.07 Å². The van der Waals surface area contributed by atoms with Gasteiger partial charge in [0.25, 0.3) is 0 Å². The predicted octanol–water partition coefficient (Wildman–Crippen LogP) is 3.78. The summed E-state index contributed by atoms with van der Waals surface area (Å²) in [7, 11) is 0. The van der Waals surface area contributed by atoms with Gasteiger partial charge in [0.05, 0.1) is 17.4 Å². The molecule has 0 spiro atoms. The van der Waals surface area contributed by atoms with Gasteiger partial charge in [-0.3, -0.25) is 0 Å². The van der Waals surface area contributed by atoms with Gasteiger partial charge in [-0.05, 0) is 61.4 Å². The Morgan fingerprint density at radius 1 is 1.00 bits per heavy atom. The van der Waals surface area contributed by atoms with Crippen LogP contribution in [-0.4, -0.2) is 9.78 Å². The lowest BCUT2D eigenvalue weighted by Gasteiger charge is -2.05. The first-order valence-corrected chi connectivity index (χ1v) is 5.86. The molecule has 1 aromatic heterocycles. The van der Waals surface area contributed by atoms with Crippen molar-refractivity contribution in [1.29, 1.82) is 0 Å². The molecule has 0 aliphatic rings. The summed E-state index contributed by atoms with van der Waals surface area (Å²) in [5, 5.41) is 5.47. The van der Waals surface area contributed by atoms with Crippen molar-refractivity contribution in [2.75, 3.05) is 0 Å². The van der Waals surface area contributed by atoms with Crippen molar-refractivity contribution in [3.8, 4) is 5.69 Å². The lowest BCUT2D eigenvalue weighted by Crippen LogP contribution is -1.96. The van der Waals surface area contributed by atoms with E-state index in [1.807, 2.05) is 10.9 Å². The van der Waals surface area contributed by atoms with E-state index in [0.29, 0.717) is 0 Å². The zero-order chi connectivity index (χ0) is 12.7. The fraction of sp³-hybridized carbons (Fsp3) is 0.133. The van der Waals surface area contributed by atoms with Crippen molar-refractivity contribution in [1.82, 2.24) is 9.78 Å². The van der Waals surface area contributed by atoms with Gasteiger partial charge in [0.1, 0.15) is 5.82 Å².